The zero-order valence-electron chi connectivity index (χ0n) is 14.6. The number of benzene rings is 2. The summed E-state index contributed by atoms with van der Waals surface area (Å²) in [4.78, 5) is 12.7. The molecule has 0 aliphatic carbocycles. The number of phenols is 1. The van der Waals surface area contributed by atoms with Gasteiger partial charge in [-0.25, -0.2) is 13.6 Å². The van der Waals surface area contributed by atoms with Gasteiger partial charge >= 0.3 is 0 Å². The van der Waals surface area contributed by atoms with Crippen LogP contribution < -0.4 is 14.9 Å². The molecule has 140 valence electrons. The number of carbonyl (C=O) groups excluding carboxylic acids is 1. The van der Waals surface area contributed by atoms with Crippen LogP contribution in [0, 0.1) is 0 Å². The molecule has 0 saturated carbocycles. The zero-order chi connectivity index (χ0) is 19.8. The molecule has 27 heavy (non-hydrogen) atoms. The highest BCUT2D eigenvalue weighted by atomic mass is 32.2. The van der Waals surface area contributed by atoms with Gasteiger partial charge in [-0.1, -0.05) is 6.07 Å². The molecule has 0 bridgehead atoms. The first-order chi connectivity index (χ1) is 12.7. The van der Waals surface area contributed by atoms with Crippen molar-refractivity contribution in [3.8, 4) is 11.5 Å². The van der Waals surface area contributed by atoms with Crippen molar-refractivity contribution >= 4 is 33.4 Å². The fraction of sp³-hybridized carbons (Fsp3) is 0.111. The van der Waals surface area contributed by atoms with Gasteiger partial charge in [0.2, 0.25) is 10.0 Å². The molecule has 0 spiro atoms. The Labute approximate surface area is 156 Å². The first-order valence-corrected chi connectivity index (χ1v) is 9.37. The number of hydrazone groups is 1. The van der Waals surface area contributed by atoms with Crippen molar-refractivity contribution in [2.75, 3.05) is 12.1 Å². The van der Waals surface area contributed by atoms with Crippen molar-refractivity contribution in [2.45, 2.75) is 11.8 Å². The predicted octanol–water partition coefficient (Wildman–Crippen LogP) is 1.85. The average molecular weight is 387 g/mol. The number of anilines is 1. The maximum atomic E-state index is 12.7. The quantitative estimate of drug-likeness (QED) is 0.775. The normalized spacial score (nSPS) is 16.0. The monoisotopic (exact) mass is 387 g/mol. The van der Waals surface area contributed by atoms with E-state index in [9.17, 15) is 18.3 Å². The number of phenolic OH excluding ortho intramolecular Hbond substituents is 1. The van der Waals surface area contributed by atoms with Crippen molar-refractivity contribution in [3.63, 3.8) is 0 Å². The number of sulfonamides is 1. The van der Waals surface area contributed by atoms with Crippen LogP contribution >= 0.6 is 0 Å². The standard InChI is InChI=1S/C18H17N3O5S/c1-11-15(9-12-3-8-16(22)17(10-12)26-2)18(23)21(20-11)13-4-6-14(7-5-13)27(19,24)25/h3-10,22H,1-2H3,(H2,19,24,25). The average Bonchev–Trinajstić information content (AvgIpc) is 2.90. The number of hydrogen-bond donors (Lipinski definition) is 2. The number of methoxy groups -OCH3 is 1. The van der Waals surface area contributed by atoms with E-state index in [-0.39, 0.29) is 16.6 Å². The van der Waals surface area contributed by atoms with Gasteiger partial charge in [0.05, 0.1) is 29.0 Å². The molecule has 1 amide bonds. The van der Waals surface area contributed by atoms with Gasteiger partial charge in [0.15, 0.2) is 11.5 Å². The van der Waals surface area contributed by atoms with E-state index in [1.807, 2.05) is 0 Å². The SMILES string of the molecule is COc1cc(C=C2C(=O)N(c3ccc(S(N)(=O)=O)cc3)N=C2C)ccc1O. The molecular formula is C18H17N3O5S. The highest BCUT2D eigenvalue weighted by Crippen LogP contribution is 2.29. The van der Waals surface area contributed by atoms with E-state index in [4.69, 9.17) is 9.88 Å². The summed E-state index contributed by atoms with van der Waals surface area (Å²) in [5.74, 6) is -0.0675. The van der Waals surface area contributed by atoms with E-state index in [1.54, 1.807) is 25.1 Å². The summed E-state index contributed by atoms with van der Waals surface area (Å²) in [6.07, 6.45) is 1.64. The maximum Gasteiger partial charge on any atom is 0.280 e. The predicted molar refractivity (Wildman–Crippen MR) is 101 cm³/mol. The highest BCUT2D eigenvalue weighted by molar-refractivity contribution is 7.89. The summed E-state index contributed by atoms with van der Waals surface area (Å²) in [5, 5.41) is 20.2. The van der Waals surface area contributed by atoms with Crippen molar-refractivity contribution in [3.05, 3.63) is 53.6 Å². The second-order valence-corrected chi connectivity index (χ2v) is 7.39. The van der Waals surface area contributed by atoms with Crippen LogP contribution in [-0.4, -0.2) is 32.3 Å². The number of nitrogens with zero attached hydrogens (tertiary/aromatic N) is 2. The number of rotatable bonds is 4. The van der Waals surface area contributed by atoms with Gasteiger partial charge in [0.25, 0.3) is 5.91 Å². The molecule has 2 aromatic rings. The molecule has 1 heterocycles. The van der Waals surface area contributed by atoms with Crippen LogP contribution in [-0.2, 0) is 14.8 Å². The molecule has 0 saturated heterocycles. The Morgan fingerprint density at radius 3 is 2.44 bits per heavy atom. The number of aromatic hydroxyl groups is 1. The van der Waals surface area contributed by atoms with E-state index in [0.717, 1.165) is 0 Å². The summed E-state index contributed by atoms with van der Waals surface area (Å²) in [6, 6.07) is 10.3. The summed E-state index contributed by atoms with van der Waals surface area (Å²) < 4.78 is 27.8. The van der Waals surface area contributed by atoms with E-state index >= 15 is 0 Å². The molecule has 3 rings (SSSR count). The van der Waals surface area contributed by atoms with Gasteiger partial charge in [0.1, 0.15) is 0 Å². The molecule has 1 aliphatic heterocycles. The minimum Gasteiger partial charge on any atom is -0.504 e. The van der Waals surface area contributed by atoms with E-state index in [0.29, 0.717) is 28.3 Å². The summed E-state index contributed by atoms with van der Waals surface area (Å²) in [6.45, 7) is 1.69. The minimum absolute atomic E-state index is 0.000593. The van der Waals surface area contributed by atoms with Crippen LogP contribution in [0.4, 0.5) is 5.69 Å². The Hall–Kier alpha value is -3.17. The molecule has 0 fully saturated rings. The lowest BCUT2D eigenvalue weighted by atomic mass is 10.1. The number of ether oxygens (including phenoxy) is 1. The van der Waals surface area contributed by atoms with Crippen LogP contribution in [0.15, 0.2) is 58.0 Å². The van der Waals surface area contributed by atoms with Crippen LogP contribution in [0.25, 0.3) is 6.08 Å². The fourth-order valence-corrected chi connectivity index (χ4v) is 3.10. The minimum atomic E-state index is -3.81. The first kappa shape index (κ1) is 18.6. The third-order valence-electron chi connectivity index (χ3n) is 3.99. The molecule has 9 heteroatoms. The Bertz CT molecular complexity index is 1070. The topological polar surface area (TPSA) is 122 Å². The first-order valence-electron chi connectivity index (χ1n) is 7.82. The number of carbonyl (C=O) groups is 1. The lowest BCUT2D eigenvalue weighted by Crippen LogP contribution is -2.21. The fourth-order valence-electron chi connectivity index (χ4n) is 2.59. The Balaban J connectivity index is 1.92. The zero-order valence-corrected chi connectivity index (χ0v) is 15.4. The van der Waals surface area contributed by atoms with E-state index in [2.05, 4.69) is 5.10 Å². The molecule has 0 radical (unpaired) electrons. The van der Waals surface area contributed by atoms with Crippen molar-refractivity contribution in [2.24, 2.45) is 10.2 Å². The van der Waals surface area contributed by atoms with Gasteiger partial charge in [-0.2, -0.15) is 10.1 Å². The van der Waals surface area contributed by atoms with E-state index in [1.165, 1.54) is 42.5 Å². The maximum absolute atomic E-state index is 12.7. The third kappa shape index (κ3) is 3.69. The number of primary sulfonamides is 1. The molecule has 0 atom stereocenters. The van der Waals surface area contributed by atoms with Crippen molar-refractivity contribution in [1.29, 1.82) is 0 Å². The van der Waals surface area contributed by atoms with Crippen molar-refractivity contribution in [1.82, 2.24) is 0 Å². The Morgan fingerprint density at radius 2 is 1.85 bits per heavy atom. The second kappa shape index (κ2) is 6.86. The van der Waals surface area contributed by atoms with E-state index < -0.39 is 10.0 Å². The molecule has 8 nitrogen and oxygen atoms in total. The Morgan fingerprint density at radius 1 is 1.19 bits per heavy atom. The van der Waals surface area contributed by atoms with Crippen LogP contribution in [0.5, 0.6) is 11.5 Å². The second-order valence-electron chi connectivity index (χ2n) is 5.83. The van der Waals surface area contributed by atoms with Gasteiger partial charge in [-0.05, 0) is 55.0 Å². The van der Waals surface area contributed by atoms with Gasteiger partial charge < -0.3 is 9.84 Å². The summed E-state index contributed by atoms with van der Waals surface area (Å²) in [7, 11) is -2.38. The lowest BCUT2D eigenvalue weighted by molar-refractivity contribution is -0.114. The van der Waals surface area contributed by atoms with Gasteiger partial charge in [-0.15, -0.1) is 0 Å². The van der Waals surface area contributed by atoms with Gasteiger partial charge in [-0.3, -0.25) is 4.79 Å². The van der Waals surface area contributed by atoms with Crippen molar-refractivity contribution < 1.29 is 23.1 Å². The van der Waals surface area contributed by atoms with Gasteiger partial charge in [0, 0.05) is 0 Å². The largest absolute Gasteiger partial charge is 0.504 e. The molecular weight excluding hydrogens is 370 g/mol. The number of hydrogen-bond acceptors (Lipinski definition) is 6. The number of nitrogens with two attached hydrogens (primary N) is 1. The van der Waals surface area contributed by atoms with Crippen LogP contribution in [0.3, 0.4) is 0 Å². The summed E-state index contributed by atoms with van der Waals surface area (Å²) in [5.41, 5.74) is 1.95. The molecule has 3 N–H and O–H groups in total. The molecule has 0 aromatic heterocycles. The smallest absolute Gasteiger partial charge is 0.280 e. The molecule has 2 aromatic carbocycles. The van der Waals surface area contributed by atoms with Crippen LogP contribution in [0.1, 0.15) is 12.5 Å². The lowest BCUT2D eigenvalue weighted by Gasteiger charge is -2.12. The Kier molecular flexibility index (Phi) is 4.73. The summed E-state index contributed by atoms with van der Waals surface area (Å²) >= 11 is 0. The molecule has 0 unspecified atom stereocenters. The third-order valence-corrected chi connectivity index (χ3v) is 4.92. The molecule has 1 aliphatic rings. The highest BCUT2D eigenvalue weighted by Gasteiger charge is 2.29. The number of amides is 1. The van der Waals surface area contributed by atoms with Crippen LogP contribution in [0.2, 0.25) is 0 Å².